The van der Waals surface area contributed by atoms with Crippen molar-refractivity contribution in [1.29, 1.82) is 0 Å². The van der Waals surface area contributed by atoms with Crippen LogP contribution in [0.3, 0.4) is 0 Å². The standard InChI is InChI=1S/C17H24N6O3S.CH2O2/c1-10-13(11(2)20-19-10)5-4-6-18-16(25)12-7-15(24)23(8-12)17-22-21-14(27-17)9-26-3;2-1-3/h12H,4-9H2,1-3H3,(H,18,25)(H,19,20);1H,(H,2,3). The Labute approximate surface area is 177 Å². The summed E-state index contributed by atoms with van der Waals surface area (Å²) in [7, 11) is 1.58. The molecule has 0 spiro atoms. The van der Waals surface area contributed by atoms with E-state index in [4.69, 9.17) is 14.6 Å². The fraction of sp³-hybridized carbons (Fsp3) is 0.556. The number of carboxylic acid groups (broad SMARTS) is 1. The lowest BCUT2D eigenvalue weighted by molar-refractivity contribution is -0.126. The molecule has 12 heteroatoms. The number of nitrogens with zero attached hydrogens (tertiary/aromatic N) is 4. The van der Waals surface area contributed by atoms with Gasteiger partial charge in [-0.2, -0.15) is 5.10 Å². The molecule has 1 unspecified atom stereocenters. The third-order valence-electron chi connectivity index (χ3n) is 4.63. The van der Waals surface area contributed by atoms with Gasteiger partial charge in [0.25, 0.3) is 6.47 Å². The number of anilines is 1. The molecule has 1 aliphatic rings. The van der Waals surface area contributed by atoms with Gasteiger partial charge in [-0.25, -0.2) is 0 Å². The SMILES string of the molecule is COCc1nnc(N2CC(C(=O)NCCCc3c(C)n[nH]c3C)CC2=O)s1.O=CO. The first-order valence-corrected chi connectivity index (χ1v) is 10.2. The molecular weight excluding hydrogens is 412 g/mol. The summed E-state index contributed by atoms with van der Waals surface area (Å²) >= 11 is 1.31. The fourth-order valence-electron chi connectivity index (χ4n) is 3.17. The van der Waals surface area contributed by atoms with Crippen molar-refractivity contribution in [2.45, 2.75) is 39.7 Å². The number of carbonyl (C=O) groups is 3. The Balaban J connectivity index is 0.00000101. The zero-order valence-corrected chi connectivity index (χ0v) is 18.0. The maximum absolute atomic E-state index is 12.4. The van der Waals surface area contributed by atoms with Crippen molar-refractivity contribution >= 4 is 34.8 Å². The first kappa shape index (κ1) is 23.4. The lowest BCUT2D eigenvalue weighted by Crippen LogP contribution is -2.33. The second kappa shape index (κ2) is 11.4. The third-order valence-corrected chi connectivity index (χ3v) is 5.55. The highest BCUT2D eigenvalue weighted by atomic mass is 32.1. The summed E-state index contributed by atoms with van der Waals surface area (Å²) in [5, 5.41) is 26.2. The minimum atomic E-state index is -0.357. The van der Waals surface area contributed by atoms with Crippen molar-refractivity contribution in [2.75, 3.05) is 25.1 Å². The number of rotatable bonds is 8. The number of aromatic amines is 1. The fourth-order valence-corrected chi connectivity index (χ4v) is 4.00. The highest BCUT2D eigenvalue weighted by Gasteiger charge is 2.36. The molecule has 0 bridgehead atoms. The zero-order chi connectivity index (χ0) is 22.1. The first-order chi connectivity index (χ1) is 14.4. The van der Waals surface area contributed by atoms with Crippen molar-refractivity contribution in [1.82, 2.24) is 25.7 Å². The van der Waals surface area contributed by atoms with Gasteiger partial charge < -0.3 is 15.2 Å². The van der Waals surface area contributed by atoms with Gasteiger partial charge in [0.2, 0.25) is 16.9 Å². The van der Waals surface area contributed by atoms with Gasteiger partial charge >= 0.3 is 0 Å². The monoisotopic (exact) mass is 438 g/mol. The van der Waals surface area contributed by atoms with Gasteiger partial charge in [0.15, 0.2) is 0 Å². The summed E-state index contributed by atoms with van der Waals surface area (Å²) < 4.78 is 5.02. The average molecular weight is 439 g/mol. The van der Waals surface area contributed by atoms with Crippen molar-refractivity contribution < 1.29 is 24.2 Å². The summed E-state index contributed by atoms with van der Waals surface area (Å²) in [5.41, 5.74) is 3.27. The quantitative estimate of drug-likeness (QED) is 0.405. The molecule has 1 fully saturated rings. The number of amides is 2. The molecule has 3 N–H and O–H groups in total. The van der Waals surface area contributed by atoms with E-state index in [0.717, 1.165) is 24.2 Å². The number of H-pyrrole nitrogens is 1. The lowest BCUT2D eigenvalue weighted by atomic mass is 10.1. The van der Waals surface area contributed by atoms with Gasteiger partial charge in [0.1, 0.15) is 11.6 Å². The molecule has 0 aromatic carbocycles. The molecule has 0 aliphatic carbocycles. The second-order valence-corrected chi connectivity index (χ2v) is 7.77. The molecule has 164 valence electrons. The first-order valence-electron chi connectivity index (χ1n) is 9.38. The van der Waals surface area contributed by atoms with Crippen molar-refractivity contribution in [3.05, 3.63) is 22.0 Å². The summed E-state index contributed by atoms with van der Waals surface area (Å²) in [6, 6.07) is 0. The van der Waals surface area contributed by atoms with Crippen LogP contribution >= 0.6 is 11.3 Å². The number of aromatic nitrogens is 4. The van der Waals surface area contributed by atoms with E-state index in [1.165, 1.54) is 16.9 Å². The van der Waals surface area contributed by atoms with Crippen LogP contribution in [0.5, 0.6) is 0 Å². The van der Waals surface area contributed by atoms with E-state index >= 15 is 0 Å². The molecule has 2 aromatic rings. The molecule has 2 aromatic heterocycles. The number of aryl methyl sites for hydroxylation is 2. The van der Waals surface area contributed by atoms with Crippen LogP contribution in [0.1, 0.15) is 34.8 Å². The summed E-state index contributed by atoms with van der Waals surface area (Å²) in [4.78, 5) is 34.6. The average Bonchev–Trinajstić information content (AvgIpc) is 3.40. The molecule has 3 rings (SSSR count). The Bertz CT molecular complexity index is 848. The van der Waals surface area contributed by atoms with Gasteiger partial charge in [0, 0.05) is 32.3 Å². The number of hydrogen-bond acceptors (Lipinski definition) is 8. The summed E-state index contributed by atoms with van der Waals surface area (Å²) in [6.45, 7) is 5.00. The van der Waals surface area contributed by atoms with E-state index in [1.807, 2.05) is 13.8 Å². The van der Waals surface area contributed by atoms with E-state index < -0.39 is 0 Å². The Morgan fingerprint density at radius 2 is 2.17 bits per heavy atom. The Morgan fingerprint density at radius 1 is 1.43 bits per heavy atom. The van der Waals surface area contributed by atoms with E-state index in [9.17, 15) is 9.59 Å². The predicted octanol–water partition coefficient (Wildman–Crippen LogP) is 0.827. The van der Waals surface area contributed by atoms with E-state index in [1.54, 1.807) is 12.0 Å². The maximum Gasteiger partial charge on any atom is 0.290 e. The van der Waals surface area contributed by atoms with Crippen LogP contribution in [0.15, 0.2) is 0 Å². The number of nitrogens with one attached hydrogen (secondary N) is 2. The van der Waals surface area contributed by atoms with Crippen LogP contribution in [-0.2, 0) is 32.1 Å². The Hall–Kier alpha value is -2.86. The highest BCUT2D eigenvalue weighted by Crippen LogP contribution is 2.28. The minimum absolute atomic E-state index is 0.0897. The topological polar surface area (TPSA) is 150 Å². The van der Waals surface area contributed by atoms with Crippen molar-refractivity contribution in [2.24, 2.45) is 5.92 Å². The van der Waals surface area contributed by atoms with Crippen LogP contribution in [0.2, 0.25) is 0 Å². The van der Waals surface area contributed by atoms with Crippen molar-refractivity contribution in [3.63, 3.8) is 0 Å². The number of ether oxygens (including phenoxy) is 1. The van der Waals surface area contributed by atoms with E-state index in [0.29, 0.717) is 29.8 Å². The largest absolute Gasteiger partial charge is 0.483 e. The number of methoxy groups -OCH3 is 1. The van der Waals surface area contributed by atoms with E-state index in [2.05, 4.69) is 25.7 Å². The highest BCUT2D eigenvalue weighted by molar-refractivity contribution is 7.15. The number of hydrogen-bond donors (Lipinski definition) is 3. The summed E-state index contributed by atoms with van der Waals surface area (Å²) in [6.07, 6.45) is 1.89. The van der Waals surface area contributed by atoms with E-state index in [-0.39, 0.29) is 30.6 Å². The normalized spacial score (nSPS) is 15.6. The van der Waals surface area contributed by atoms with Crippen LogP contribution < -0.4 is 10.2 Å². The molecule has 1 aliphatic heterocycles. The maximum atomic E-state index is 12.4. The van der Waals surface area contributed by atoms with Crippen LogP contribution in [-0.4, -0.2) is 64.0 Å². The van der Waals surface area contributed by atoms with Gasteiger partial charge in [0.05, 0.1) is 11.6 Å². The van der Waals surface area contributed by atoms with Crippen molar-refractivity contribution in [3.8, 4) is 0 Å². The Morgan fingerprint density at radius 3 is 2.80 bits per heavy atom. The molecular formula is C18H26N6O5S. The van der Waals surface area contributed by atoms with Gasteiger partial charge in [-0.3, -0.25) is 24.4 Å². The van der Waals surface area contributed by atoms with Gasteiger partial charge in [-0.1, -0.05) is 11.3 Å². The second-order valence-electron chi connectivity index (χ2n) is 6.73. The molecule has 1 saturated heterocycles. The lowest BCUT2D eigenvalue weighted by Gasteiger charge is -2.12. The van der Waals surface area contributed by atoms with Gasteiger partial charge in [-0.05, 0) is 32.3 Å². The molecule has 0 radical (unpaired) electrons. The van der Waals surface area contributed by atoms with Gasteiger partial charge in [-0.15, -0.1) is 10.2 Å². The molecule has 30 heavy (non-hydrogen) atoms. The molecule has 2 amide bonds. The zero-order valence-electron chi connectivity index (χ0n) is 17.2. The van der Waals surface area contributed by atoms with Crippen LogP contribution in [0.4, 0.5) is 5.13 Å². The molecule has 1 atom stereocenters. The predicted molar refractivity (Wildman–Crippen MR) is 109 cm³/mol. The van der Waals surface area contributed by atoms with Crippen LogP contribution in [0, 0.1) is 19.8 Å². The number of carbonyl (C=O) groups excluding carboxylic acids is 2. The molecule has 3 heterocycles. The smallest absolute Gasteiger partial charge is 0.290 e. The molecule has 0 saturated carbocycles. The summed E-state index contributed by atoms with van der Waals surface area (Å²) in [5.74, 6) is -0.544. The Kier molecular flexibility index (Phi) is 8.87. The molecule has 11 nitrogen and oxygen atoms in total. The third kappa shape index (κ3) is 6.07. The minimum Gasteiger partial charge on any atom is -0.483 e. The van der Waals surface area contributed by atoms with Crippen LogP contribution in [0.25, 0.3) is 0 Å².